The number of hydrogen-bond donors (Lipinski definition) is 2. The second-order valence-corrected chi connectivity index (χ2v) is 4.19. The van der Waals surface area contributed by atoms with E-state index in [1.54, 1.807) is 4.72 Å². The average molecular weight is 232 g/mol. The molecular formula is C8H9FN2O3S. The fraction of sp³-hybridized carbons (Fsp3) is 0.125. The SMILES string of the molecule is CC(=O)NS(=O)(=O)Nc1cccc(F)c1. The van der Waals surface area contributed by atoms with Gasteiger partial charge < -0.3 is 0 Å². The molecule has 0 saturated carbocycles. The van der Waals surface area contributed by atoms with Crippen LogP contribution in [0.3, 0.4) is 0 Å². The van der Waals surface area contributed by atoms with Crippen molar-refractivity contribution in [2.75, 3.05) is 4.72 Å². The highest BCUT2D eigenvalue weighted by molar-refractivity contribution is 7.91. The minimum absolute atomic E-state index is 0.0451. The smallest absolute Gasteiger partial charge is 0.274 e. The first kappa shape index (κ1) is 11.4. The van der Waals surface area contributed by atoms with Gasteiger partial charge in [0.15, 0.2) is 0 Å². The molecule has 7 heteroatoms. The average Bonchev–Trinajstić information content (AvgIpc) is 1.99. The molecule has 0 spiro atoms. The van der Waals surface area contributed by atoms with Crippen molar-refractivity contribution in [1.82, 2.24) is 4.72 Å². The minimum Gasteiger partial charge on any atom is -0.274 e. The van der Waals surface area contributed by atoms with Crippen LogP contribution in [0.2, 0.25) is 0 Å². The van der Waals surface area contributed by atoms with Crippen LogP contribution in [0.25, 0.3) is 0 Å². The van der Waals surface area contributed by atoms with Gasteiger partial charge in [0.2, 0.25) is 5.91 Å². The maximum atomic E-state index is 12.7. The summed E-state index contributed by atoms with van der Waals surface area (Å²) in [7, 11) is -3.97. The van der Waals surface area contributed by atoms with E-state index in [1.807, 2.05) is 4.72 Å². The van der Waals surface area contributed by atoms with Gasteiger partial charge in [0.25, 0.3) is 0 Å². The normalized spacial score (nSPS) is 10.8. The minimum atomic E-state index is -3.97. The van der Waals surface area contributed by atoms with E-state index in [9.17, 15) is 17.6 Å². The van der Waals surface area contributed by atoms with E-state index < -0.39 is 21.9 Å². The molecule has 0 radical (unpaired) electrons. The van der Waals surface area contributed by atoms with Gasteiger partial charge in [-0.3, -0.25) is 9.52 Å². The Morgan fingerprint density at radius 1 is 1.40 bits per heavy atom. The quantitative estimate of drug-likeness (QED) is 0.802. The molecule has 0 unspecified atom stereocenters. The van der Waals surface area contributed by atoms with Crippen molar-refractivity contribution >= 4 is 21.8 Å². The number of rotatable bonds is 3. The molecule has 2 N–H and O–H groups in total. The summed E-state index contributed by atoms with van der Waals surface area (Å²) >= 11 is 0. The van der Waals surface area contributed by atoms with Gasteiger partial charge in [0.1, 0.15) is 5.82 Å². The van der Waals surface area contributed by atoms with E-state index in [4.69, 9.17) is 0 Å². The number of halogens is 1. The second-order valence-electron chi connectivity index (χ2n) is 2.77. The highest BCUT2D eigenvalue weighted by atomic mass is 32.2. The van der Waals surface area contributed by atoms with Gasteiger partial charge in [-0.25, -0.2) is 9.11 Å². The largest absolute Gasteiger partial charge is 0.323 e. The first-order chi connectivity index (χ1) is 6.89. The Kier molecular flexibility index (Phi) is 3.25. The highest BCUT2D eigenvalue weighted by Crippen LogP contribution is 2.09. The third-order valence-corrected chi connectivity index (χ3v) is 2.42. The lowest BCUT2D eigenvalue weighted by molar-refractivity contribution is -0.117. The molecule has 1 aromatic rings. The Morgan fingerprint density at radius 3 is 2.60 bits per heavy atom. The van der Waals surface area contributed by atoms with Crippen LogP contribution in [0.5, 0.6) is 0 Å². The summed E-state index contributed by atoms with van der Waals surface area (Å²) < 4.78 is 38.7. The van der Waals surface area contributed by atoms with E-state index >= 15 is 0 Å². The first-order valence-corrected chi connectivity index (χ1v) is 5.44. The predicted octanol–water partition coefficient (Wildman–Crippen LogP) is 0.618. The summed E-state index contributed by atoms with van der Waals surface area (Å²) in [5.41, 5.74) is 0.0451. The molecule has 0 aliphatic heterocycles. The highest BCUT2D eigenvalue weighted by Gasteiger charge is 2.10. The Morgan fingerprint density at radius 2 is 2.07 bits per heavy atom. The summed E-state index contributed by atoms with van der Waals surface area (Å²) in [6.07, 6.45) is 0. The number of nitrogens with one attached hydrogen (secondary N) is 2. The maximum absolute atomic E-state index is 12.7. The maximum Gasteiger partial charge on any atom is 0.323 e. The van der Waals surface area contributed by atoms with E-state index in [-0.39, 0.29) is 5.69 Å². The van der Waals surface area contributed by atoms with Gasteiger partial charge in [-0.2, -0.15) is 8.42 Å². The van der Waals surface area contributed by atoms with Gasteiger partial charge in [-0.05, 0) is 18.2 Å². The fourth-order valence-electron chi connectivity index (χ4n) is 0.922. The number of amides is 1. The van der Waals surface area contributed by atoms with Crippen LogP contribution >= 0.6 is 0 Å². The summed E-state index contributed by atoms with van der Waals surface area (Å²) in [5, 5.41) is 0. The molecule has 0 aromatic heterocycles. The molecule has 15 heavy (non-hydrogen) atoms. The zero-order valence-electron chi connectivity index (χ0n) is 7.82. The van der Waals surface area contributed by atoms with Crippen LogP contribution in [0.1, 0.15) is 6.92 Å². The van der Waals surface area contributed by atoms with Gasteiger partial charge in [-0.15, -0.1) is 0 Å². The van der Waals surface area contributed by atoms with E-state index in [1.165, 1.54) is 18.2 Å². The lowest BCUT2D eigenvalue weighted by atomic mass is 10.3. The fourth-order valence-corrected chi connectivity index (χ4v) is 1.79. The standard InChI is InChI=1S/C8H9FN2O3S/c1-6(12)10-15(13,14)11-8-4-2-3-7(9)5-8/h2-5,11H,1H3,(H,10,12). The zero-order valence-corrected chi connectivity index (χ0v) is 8.64. The Labute approximate surface area is 86.5 Å². The van der Waals surface area contributed by atoms with E-state index in [0.717, 1.165) is 13.0 Å². The monoisotopic (exact) mass is 232 g/mol. The van der Waals surface area contributed by atoms with Crippen molar-refractivity contribution in [3.8, 4) is 0 Å². The number of carbonyl (C=O) groups is 1. The molecule has 0 aliphatic carbocycles. The van der Waals surface area contributed by atoms with Gasteiger partial charge in [0, 0.05) is 6.92 Å². The van der Waals surface area contributed by atoms with Crippen LogP contribution in [0, 0.1) is 5.82 Å². The number of benzene rings is 1. The molecule has 0 aliphatic rings. The van der Waals surface area contributed by atoms with Crippen LogP contribution in [0.4, 0.5) is 10.1 Å². The van der Waals surface area contributed by atoms with Crippen molar-refractivity contribution in [3.63, 3.8) is 0 Å². The summed E-state index contributed by atoms with van der Waals surface area (Å²) in [5.74, 6) is -1.29. The third kappa shape index (κ3) is 3.94. The number of carbonyl (C=O) groups excluding carboxylic acids is 1. The number of anilines is 1. The summed E-state index contributed by atoms with van der Waals surface area (Å²) in [6, 6.07) is 4.89. The predicted molar refractivity (Wildman–Crippen MR) is 52.8 cm³/mol. The van der Waals surface area contributed by atoms with Crippen molar-refractivity contribution in [2.45, 2.75) is 6.92 Å². The molecule has 1 amide bonds. The van der Waals surface area contributed by atoms with E-state index in [2.05, 4.69) is 0 Å². The van der Waals surface area contributed by atoms with Crippen molar-refractivity contribution < 1.29 is 17.6 Å². The van der Waals surface area contributed by atoms with E-state index in [0.29, 0.717) is 0 Å². The molecular weight excluding hydrogens is 223 g/mol. The molecule has 82 valence electrons. The first-order valence-electron chi connectivity index (χ1n) is 3.96. The third-order valence-electron chi connectivity index (χ3n) is 1.35. The van der Waals surface area contributed by atoms with Crippen LogP contribution < -0.4 is 9.44 Å². The topological polar surface area (TPSA) is 75.3 Å². The molecule has 0 atom stereocenters. The molecule has 5 nitrogen and oxygen atoms in total. The molecule has 1 rings (SSSR count). The molecule has 0 fully saturated rings. The summed E-state index contributed by atoms with van der Waals surface area (Å²) in [4.78, 5) is 10.5. The van der Waals surface area contributed by atoms with Gasteiger partial charge >= 0.3 is 10.2 Å². The van der Waals surface area contributed by atoms with Crippen molar-refractivity contribution in [1.29, 1.82) is 0 Å². The molecule has 0 heterocycles. The van der Waals surface area contributed by atoms with Crippen LogP contribution in [-0.4, -0.2) is 14.3 Å². The lowest BCUT2D eigenvalue weighted by Crippen LogP contribution is -2.33. The zero-order chi connectivity index (χ0) is 11.5. The van der Waals surface area contributed by atoms with Crippen molar-refractivity contribution in [2.24, 2.45) is 0 Å². The Balaban J connectivity index is 2.82. The second kappa shape index (κ2) is 4.26. The molecule has 1 aromatic carbocycles. The van der Waals surface area contributed by atoms with Crippen LogP contribution in [-0.2, 0) is 15.0 Å². The lowest BCUT2D eigenvalue weighted by Gasteiger charge is -2.07. The van der Waals surface area contributed by atoms with Crippen molar-refractivity contribution in [3.05, 3.63) is 30.1 Å². The van der Waals surface area contributed by atoms with Gasteiger partial charge in [0.05, 0.1) is 5.69 Å². The number of hydrogen-bond acceptors (Lipinski definition) is 3. The molecule has 0 saturated heterocycles. The molecule has 0 bridgehead atoms. The van der Waals surface area contributed by atoms with Crippen LogP contribution in [0.15, 0.2) is 24.3 Å². The Hall–Kier alpha value is -1.63. The Bertz CT molecular complexity index is 473. The van der Waals surface area contributed by atoms with Gasteiger partial charge in [-0.1, -0.05) is 6.07 Å². The summed E-state index contributed by atoms with van der Waals surface area (Å²) in [6.45, 7) is 1.06.